The molecule has 1 heterocycles. The predicted molar refractivity (Wildman–Crippen MR) is 72.3 cm³/mol. The highest BCUT2D eigenvalue weighted by molar-refractivity contribution is 5.48. The minimum atomic E-state index is 0.917. The Morgan fingerprint density at radius 1 is 1.06 bits per heavy atom. The molecule has 0 unspecified atom stereocenters. The van der Waals surface area contributed by atoms with Crippen molar-refractivity contribution < 1.29 is 0 Å². The van der Waals surface area contributed by atoms with Crippen LogP contribution in [0.2, 0.25) is 0 Å². The zero-order valence-corrected chi connectivity index (χ0v) is 10.4. The summed E-state index contributed by atoms with van der Waals surface area (Å²) in [6, 6.07) is 12.6. The number of rotatable bonds is 4. The number of anilines is 1. The lowest BCUT2D eigenvalue weighted by Gasteiger charge is -2.08. The normalized spacial score (nSPS) is 10.2. The predicted octanol–water partition coefficient (Wildman–Crippen LogP) is 3.35. The summed E-state index contributed by atoms with van der Waals surface area (Å²) in [5.74, 6) is 0. The van der Waals surface area contributed by atoms with E-state index in [0.29, 0.717) is 0 Å². The Bertz CT molecular complexity index is 457. The van der Waals surface area contributed by atoms with Gasteiger partial charge in [0.2, 0.25) is 0 Å². The van der Waals surface area contributed by atoms with Crippen molar-refractivity contribution in [3.63, 3.8) is 0 Å². The second-order valence-corrected chi connectivity index (χ2v) is 4.37. The molecule has 2 nitrogen and oxygen atoms in total. The van der Waals surface area contributed by atoms with Gasteiger partial charge in [-0.1, -0.05) is 12.1 Å². The van der Waals surface area contributed by atoms with E-state index < -0.39 is 0 Å². The highest BCUT2D eigenvalue weighted by atomic mass is 14.9. The maximum Gasteiger partial charge on any atom is 0.0421 e. The van der Waals surface area contributed by atoms with Crippen molar-refractivity contribution in [3.05, 3.63) is 59.4 Å². The van der Waals surface area contributed by atoms with Crippen molar-refractivity contribution in [1.29, 1.82) is 0 Å². The van der Waals surface area contributed by atoms with Gasteiger partial charge in [-0.25, -0.2) is 0 Å². The van der Waals surface area contributed by atoms with E-state index in [2.05, 4.69) is 48.4 Å². The van der Waals surface area contributed by atoms with Gasteiger partial charge in [0, 0.05) is 30.5 Å². The molecule has 1 aromatic carbocycles. The zero-order valence-electron chi connectivity index (χ0n) is 10.4. The fourth-order valence-corrected chi connectivity index (χ4v) is 1.96. The van der Waals surface area contributed by atoms with Gasteiger partial charge in [0.1, 0.15) is 0 Å². The number of benzene rings is 1. The molecule has 0 atom stereocenters. The van der Waals surface area contributed by atoms with E-state index in [9.17, 15) is 0 Å². The maximum atomic E-state index is 4.31. The molecule has 0 bridgehead atoms. The molecule has 0 saturated heterocycles. The number of pyridine rings is 1. The van der Waals surface area contributed by atoms with E-state index in [1.807, 2.05) is 18.3 Å². The van der Waals surface area contributed by atoms with Crippen LogP contribution in [0.25, 0.3) is 0 Å². The molecule has 17 heavy (non-hydrogen) atoms. The van der Waals surface area contributed by atoms with Crippen molar-refractivity contribution in [3.8, 4) is 0 Å². The van der Waals surface area contributed by atoms with Gasteiger partial charge >= 0.3 is 0 Å². The van der Waals surface area contributed by atoms with Crippen molar-refractivity contribution >= 4 is 5.69 Å². The van der Waals surface area contributed by atoms with Crippen LogP contribution in [0.3, 0.4) is 0 Å². The summed E-state index contributed by atoms with van der Waals surface area (Å²) in [6.45, 7) is 5.16. The van der Waals surface area contributed by atoms with Crippen molar-refractivity contribution in [2.24, 2.45) is 0 Å². The lowest BCUT2D eigenvalue weighted by molar-refractivity contribution is 0.961. The van der Waals surface area contributed by atoms with Gasteiger partial charge in [-0.05, 0) is 49.2 Å². The third-order valence-electron chi connectivity index (χ3n) is 2.66. The molecule has 0 fully saturated rings. The van der Waals surface area contributed by atoms with Gasteiger partial charge < -0.3 is 5.32 Å². The van der Waals surface area contributed by atoms with E-state index in [4.69, 9.17) is 0 Å². The van der Waals surface area contributed by atoms with Crippen LogP contribution in [0.5, 0.6) is 0 Å². The number of aryl methyl sites for hydroxylation is 2. The highest BCUT2D eigenvalue weighted by Crippen LogP contribution is 2.13. The van der Waals surface area contributed by atoms with Gasteiger partial charge in [-0.15, -0.1) is 0 Å². The van der Waals surface area contributed by atoms with Crippen molar-refractivity contribution in [2.75, 3.05) is 11.9 Å². The second kappa shape index (κ2) is 5.48. The van der Waals surface area contributed by atoms with Crippen LogP contribution >= 0.6 is 0 Å². The van der Waals surface area contributed by atoms with E-state index >= 15 is 0 Å². The first-order valence-corrected chi connectivity index (χ1v) is 5.96. The summed E-state index contributed by atoms with van der Waals surface area (Å²) in [5, 5.41) is 3.43. The first-order valence-electron chi connectivity index (χ1n) is 5.96. The van der Waals surface area contributed by atoms with Gasteiger partial charge in [-0.3, -0.25) is 4.98 Å². The summed E-state index contributed by atoms with van der Waals surface area (Å²) in [7, 11) is 0. The van der Waals surface area contributed by atoms with Crippen molar-refractivity contribution in [1.82, 2.24) is 4.98 Å². The molecule has 2 rings (SSSR count). The Morgan fingerprint density at radius 3 is 2.47 bits per heavy atom. The third kappa shape index (κ3) is 3.59. The average molecular weight is 226 g/mol. The summed E-state index contributed by atoms with van der Waals surface area (Å²) >= 11 is 0. The van der Waals surface area contributed by atoms with Gasteiger partial charge in [-0.2, -0.15) is 0 Å². The van der Waals surface area contributed by atoms with Crippen LogP contribution in [0.15, 0.2) is 42.6 Å². The Morgan fingerprint density at radius 2 is 1.82 bits per heavy atom. The molecule has 0 aliphatic carbocycles. The van der Waals surface area contributed by atoms with E-state index in [1.165, 1.54) is 16.8 Å². The van der Waals surface area contributed by atoms with Gasteiger partial charge in [0.25, 0.3) is 0 Å². The smallest absolute Gasteiger partial charge is 0.0421 e. The van der Waals surface area contributed by atoms with Crippen LogP contribution < -0.4 is 5.32 Å². The monoisotopic (exact) mass is 226 g/mol. The Labute approximate surface area is 103 Å². The number of hydrogen-bond donors (Lipinski definition) is 1. The summed E-state index contributed by atoms with van der Waals surface area (Å²) < 4.78 is 0. The number of hydrogen-bond acceptors (Lipinski definition) is 2. The minimum Gasteiger partial charge on any atom is -0.385 e. The zero-order chi connectivity index (χ0) is 12.1. The van der Waals surface area contributed by atoms with Crippen molar-refractivity contribution in [2.45, 2.75) is 20.3 Å². The van der Waals surface area contributed by atoms with Crippen LogP contribution in [0, 0.1) is 13.8 Å². The second-order valence-electron chi connectivity index (χ2n) is 4.37. The van der Waals surface area contributed by atoms with Gasteiger partial charge in [0.05, 0.1) is 0 Å². The molecule has 1 N–H and O–H groups in total. The molecule has 0 saturated carbocycles. The molecule has 2 aromatic rings. The molecular weight excluding hydrogens is 208 g/mol. The fraction of sp³-hybridized carbons (Fsp3) is 0.267. The lowest BCUT2D eigenvalue weighted by atomic mass is 10.1. The van der Waals surface area contributed by atoms with Crippen LogP contribution in [-0.2, 0) is 6.42 Å². The summed E-state index contributed by atoms with van der Waals surface area (Å²) in [6.07, 6.45) is 2.79. The molecule has 0 amide bonds. The summed E-state index contributed by atoms with van der Waals surface area (Å²) in [4.78, 5) is 4.31. The quantitative estimate of drug-likeness (QED) is 0.864. The standard InChI is InChI=1S/C15H18N2/c1-12-9-13(2)11-15(10-12)17-8-6-14-5-3-4-7-16-14/h3-5,7,9-11,17H,6,8H2,1-2H3. The molecule has 88 valence electrons. The molecule has 0 spiro atoms. The molecule has 0 aliphatic rings. The molecule has 1 aromatic heterocycles. The topological polar surface area (TPSA) is 24.9 Å². The SMILES string of the molecule is Cc1cc(C)cc(NCCc2ccccn2)c1. The molecule has 0 aliphatic heterocycles. The largest absolute Gasteiger partial charge is 0.385 e. The number of nitrogens with one attached hydrogen (secondary N) is 1. The maximum absolute atomic E-state index is 4.31. The Kier molecular flexibility index (Phi) is 3.76. The van der Waals surface area contributed by atoms with Crippen LogP contribution in [-0.4, -0.2) is 11.5 Å². The van der Waals surface area contributed by atoms with Gasteiger partial charge in [0.15, 0.2) is 0 Å². The molecule has 0 radical (unpaired) electrons. The molecule has 2 heteroatoms. The van der Waals surface area contributed by atoms with E-state index in [-0.39, 0.29) is 0 Å². The lowest BCUT2D eigenvalue weighted by Crippen LogP contribution is -2.06. The van der Waals surface area contributed by atoms with E-state index in [1.54, 1.807) is 0 Å². The minimum absolute atomic E-state index is 0.917. The van der Waals surface area contributed by atoms with Crippen LogP contribution in [0.4, 0.5) is 5.69 Å². The number of nitrogens with zero attached hydrogens (tertiary/aromatic N) is 1. The van der Waals surface area contributed by atoms with Crippen LogP contribution in [0.1, 0.15) is 16.8 Å². The first-order chi connectivity index (χ1) is 8.24. The fourth-order valence-electron chi connectivity index (χ4n) is 1.96. The summed E-state index contributed by atoms with van der Waals surface area (Å²) in [5.41, 5.74) is 4.92. The highest BCUT2D eigenvalue weighted by Gasteiger charge is 1.96. The Balaban J connectivity index is 1.90. The first kappa shape index (κ1) is 11.6. The van der Waals surface area contributed by atoms with E-state index in [0.717, 1.165) is 18.7 Å². The third-order valence-corrected chi connectivity index (χ3v) is 2.66. The number of aromatic nitrogens is 1. The Hall–Kier alpha value is -1.83. The molecular formula is C15H18N2. The average Bonchev–Trinajstić information content (AvgIpc) is 2.29.